The summed E-state index contributed by atoms with van der Waals surface area (Å²) in [6.45, 7) is 6.90. The maximum absolute atomic E-state index is 11.8. The standard InChI is InChI=1S/C23H29NO3/c1-15(2)22(25)27-20-5-6-21-19(10-20)13-24(14-26-21)23-7-3-4-17-8-16(11-23)9-18(17)12-23/h5-6,10,16-18H,1,3-4,7-9,11-14H2,2H3/t16-,17-,18?,23?/m0/s1. The number of esters is 1. The highest BCUT2D eigenvalue weighted by molar-refractivity contribution is 5.88. The molecule has 4 aliphatic rings. The van der Waals surface area contributed by atoms with Gasteiger partial charge in [-0.3, -0.25) is 4.90 Å². The quantitative estimate of drug-likeness (QED) is 0.442. The lowest BCUT2D eigenvalue weighted by molar-refractivity contribution is -0.130. The molecular weight excluding hydrogens is 338 g/mol. The molecule has 0 amide bonds. The lowest BCUT2D eigenvalue weighted by Gasteiger charge is -2.49. The van der Waals surface area contributed by atoms with Crippen molar-refractivity contribution >= 4 is 5.97 Å². The van der Waals surface area contributed by atoms with E-state index in [1.165, 1.54) is 44.9 Å². The molecule has 4 heteroatoms. The van der Waals surface area contributed by atoms with E-state index in [9.17, 15) is 4.79 Å². The fraction of sp³-hybridized carbons (Fsp3) is 0.609. The molecule has 4 atom stereocenters. The van der Waals surface area contributed by atoms with Gasteiger partial charge in [0, 0.05) is 23.2 Å². The average molecular weight is 367 g/mol. The van der Waals surface area contributed by atoms with Gasteiger partial charge < -0.3 is 9.47 Å². The Morgan fingerprint density at radius 1 is 1.30 bits per heavy atom. The summed E-state index contributed by atoms with van der Waals surface area (Å²) in [6.07, 6.45) is 9.68. The summed E-state index contributed by atoms with van der Waals surface area (Å²) in [6, 6.07) is 5.71. The number of hydrogen-bond acceptors (Lipinski definition) is 4. The Balaban J connectivity index is 1.39. The molecule has 1 aromatic carbocycles. The number of nitrogens with zero attached hydrogens (tertiary/aromatic N) is 1. The van der Waals surface area contributed by atoms with Crippen molar-refractivity contribution in [2.75, 3.05) is 6.73 Å². The SMILES string of the molecule is C=C(C)C(=O)Oc1ccc2c(c1)CN(C13CCC[C@H]4C[C@@H](CC4C1)C3)CO2. The van der Waals surface area contributed by atoms with E-state index in [-0.39, 0.29) is 5.97 Å². The summed E-state index contributed by atoms with van der Waals surface area (Å²) >= 11 is 0. The molecule has 3 aliphatic carbocycles. The van der Waals surface area contributed by atoms with Crippen LogP contribution in [0.25, 0.3) is 0 Å². The number of hydrogen-bond donors (Lipinski definition) is 0. The van der Waals surface area contributed by atoms with E-state index in [4.69, 9.17) is 9.47 Å². The molecule has 3 fully saturated rings. The van der Waals surface area contributed by atoms with Crippen molar-refractivity contribution in [3.63, 3.8) is 0 Å². The zero-order chi connectivity index (χ0) is 18.6. The van der Waals surface area contributed by atoms with Gasteiger partial charge in [-0.05, 0) is 75.0 Å². The fourth-order valence-corrected chi connectivity index (χ4v) is 6.31. The molecule has 1 aromatic rings. The third kappa shape index (κ3) is 2.98. The molecule has 5 rings (SSSR count). The Hall–Kier alpha value is -1.81. The highest BCUT2D eigenvalue weighted by Gasteiger charge is 2.52. The zero-order valence-corrected chi connectivity index (χ0v) is 16.2. The van der Waals surface area contributed by atoms with Crippen molar-refractivity contribution in [2.24, 2.45) is 17.8 Å². The summed E-state index contributed by atoms with van der Waals surface area (Å²) in [4.78, 5) is 14.4. The molecule has 27 heavy (non-hydrogen) atoms. The number of ether oxygens (including phenoxy) is 2. The van der Waals surface area contributed by atoms with Gasteiger partial charge in [0.2, 0.25) is 0 Å². The van der Waals surface area contributed by atoms with E-state index >= 15 is 0 Å². The van der Waals surface area contributed by atoms with E-state index in [1.54, 1.807) is 6.92 Å². The third-order valence-corrected chi connectivity index (χ3v) is 7.47. The largest absolute Gasteiger partial charge is 0.478 e. The van der Waals surface area contributed by atoms with E-state index in [1.807, 2.05) is 18.2 Å². The summed E-state index contributed by atoms with van der Waals surface area (Å²) in [5.74, 6) is 3.94. The molecule has 0 radical (unpaired) electrons. The van der Waals surface area contributed by atoms with Crippen LogP contribution < -0.4 is 9.47 Å². The number of carbonyl (C=O) groups excluding carboxylic acids is 1. The van der Waals surface area contributed by atoms with Crippen LogP contribution in [0.15, 0.2) is 30.4 Å². The second-order valence-electron chi connectivity index (χ2n) is 9.29. The maximum Gasteiger partial charge on any atom is 0.338 e. The number of rotatable bonds is 3. The van der Waals surface area contributed by atoms with E-state index < -0.39 is 0 Å². The fourth-order valence-electron chi connectivity index (χ4n) is 6.31. The molecule has 3 saturated carbocycles. The highest BCUT2D eigenvalue weighted by atomic mass is 16.5. The second kappa shape index (κ2) is 6.37. The van der Waals surface area contributed by atoms with Gasteiger partial charge in [0.25, 0.3) is 0 Å². The van der Waals surface area contributed by atoms with Crippen LogP contribution in [0.3, 0.4) is 0 Å². The van der Waals surface area contributed by atoms with Gasteiger partial charge >= 0.3 is 5.97 Å². The van der Waals surface area contributed by atoms with E-state index in [0.717, 1.165) is 35.6 Å². The second-order valence-corrected chi connectivity index (χ2v) is 9.29. The van der Waals surface area contributed by atoms with Crippen LogP contribution in [0.2, 0.25) is 0 Å². The Bertz CT molecular complexity index is 788. The maximum atomic E-state index is 11.8. The first-order valence-corrected chi connectivity index (χ1v) is 10.4. The van der Waals surface area contributed by atoms with Gasteiger partial charge in [-0.25, -0.2) is 4.79 Å². The molecule has 0 N–H and O–H groups in total. The Morgan fingerprint density at radius 2 is 2.15 bits per heavy atom. The monoisotopic (exact) mass is 367 g/mol. The minimum Gasteiger partial charge on any atom is -0.478 e. The minimum absolute atomic E-state index is 0.306. The molecule has 0 saturated heterocycles. The summed E-state index contributed by atoms with van der Waals surface area (Å²) in [7, 11) is 0. The van der Waals surface area contributed by atoms with Crippen LogP contribution >= 0.6 is 0 Å². The first-order chi connectivity index (χ1) is 13.0. The Labute approximate surface area is 161 Å². The van der Waals surface area contributed by atoms with Crippen LogP contribution in [0.5, 0.6) is 11.5 Å². The number of benzene rings is 1. The highest BCUT2D eigenvalue weighted by Crippen LogP contribution is 2.57. The van der Waals surface area contributed by atoms with Gasteiger partial charge in [-0.1, -0.05) is 19.4 Å². The summed E-state index contributed by atoms with van der Waals surface area (Å²) < 4.78 is 11.6. The molecule has 1 aliphatic heterocycles. The van der Waals surface area contributed by atoms with Crippen molar-refractivity contribution in [1.29, 1.82) is 0 Å². The first kappa shape index (κ1) is 17.3. The van der Waals surface area contributed by atoms with Gasteiger partial charge in [0.1, 0.15) is 18.2 Å². The Morgan fingerprint density at radius 3 is 3.00 bits per heavy atom. The van der Waals surface area contributed by atoms with E-state index in [2.05, 4.69) is 11.5 Å². The molecule has 1 heterocycles. The van der Waals surface area contributed by atoms with Crippen LogP contribution in [-0.4, -0.2) is 23.1 Å². The number of carbonyl (C=O) groups is 1. The normalized spacial score (nSPS) is 34.5. The number of fused-ring (bicyclic) bond motifs is 3. The predicted octanol–water partition coefficient (Wildman–Crippen LogP) is 4.68. The van der Waals surface area contributed by atoms with Crippen LogP contribution in [0.4, 0.5) is 0 Å². The van der Waals surface area contributed by atoms with E-state index in [0.29, 0.717) is 23.6 Å². The van der Waals surface area contributed by atoms with Crippen molar-refractivity contribution < 1.29 is 14.3 Å². The lowest BCUT2D eigenvalue weighted by Crippen LogP contribution is -2.54. The molecule has 4 nitrogen and oxygen atoms in total. The van der Waals surface area contributed by atoms with Crippen LogP contribution in [-0.2, 0) is 11.3 Å². The van der Waals surface area contributed by atoms with Crippen molar-refractivity contribution in [3.8, 4) is 11.5 Å². The molecule has 0 aromatic heterocycles. The molecule has 2 unspecified atom stereocenters. The van der Waals surface area contributed by atoms with Crippen molar-refractivity contribution in [3.05, 3.63) is 35.9 Å². The molecule has 0 spiro atoms. The zero-order valence-electron chi connectivity index (χ0n) is 16.2. The summed E-state index contributed by atoms with van der Waals surface area (Å²) in [5.41, 5.74) is 1.84. The Kier molecular flexibility index (Phi) is 4.08. The van der Waals surface area contributed by atoms with Gasteiger partial charge in [0.15, 0.2) is 0 Å². The smallest absolute Gasteiger partial charge is 0.338 e. The van der Waals surface area contributed by atoms with Crippen molar-refractivity contribution in [2.45, 2.75) is 64.0 Å². The van der Waals surface area contributed by atoms with Crippen molar-refractivity contribution in [1.82, 2.24) is 4.90 Å². The summed E-state index contributed by atoms with van der Waals surface area (Å²) in [5, 5.41) is 0. The third-order valence-electron chi connectivity index (χ3n) is 7.47. The van der Waals surface area contributed by atoms with Crippen LogP contribution in [0.1, 0.15) is 57.4 Å². The predicted molar refractivity (Wildman–Crippen MR) is 103 cm³/mol. The topological polar surface area (TPSA) is 38.8 Å². The molecule has 3 bridgehead atoms. The first-order valence-electron chi connectivity index (χ1n) is 10.4. The van der Waals surface area contributed by atoms with Gasteiger partial charge in [-0.15, -0.1) is 0 Å². The van der Waals surface area contributed by atoms with Gasteiger partial charge in [-0.2, -0.15) is 0 Å². The molecule has 144 valence electrons. The lowest BCUT2D eigenvalue weighted by atomic mass is 9.72. The minimum atomic E-state index is -0.374. The average Bonchev–Trinajstić information content (AvgIpc) is 2.86. The molecular formula is C23H29NO3. The van der Waals surface area contributed by atoms with Crippen LogP contribution in [0, 0.1) is 17.8 Å². The van der Waals surface area contributed by atoms with Gasteiger partial charge in [0.05, 0.1) is 0 Å².